The molecular weight excluding hydrogens is 286 g/mol. The van der Waals surface area contributed by atoms with Crippen molar-refractivity contribution in [3.05, 3.63) is 53.9 Å². The van der Waals surface area contributed by atoms with Gasteiger partial charge >= 0.3 is 0 Å². The molecule has 0 spiro atoms. The molecule has 0 aliphatic carbocycles. The molecule has 2 aromatic rings. The summed E-state index contributed by atoms with van der Waals surface area (Å²) in [5.41, 5.74) is 8.56. The van der Waals surface area contributed by atoms with Crippen LogP contribution in [0.3, 0.4) is 0 Å². The lowest BCUT2D eigenvalue weighted by molar-refractivity contribution is 0.277. The van der Waals surface area contributed by atoms with Gasteiger partial charge < -0.3 is 10.6 Å². The maximum absolute atomic E-state index is 6.15. The summed E-state index contributed by atoms with van der Waals surface area (Å²) >= 11 is 0. The van der Waals surface area contributed by atoms with Gasteiger partial charge in [0.15, 0.2) is 5.96 Å². The Morgan fingerprint density at radius 2 is 2.04 bits per heavy atom. The number of piperidine rings is 1. The smallest absolute Gasteiger partial charge is 0.191 e. The first-order valence-corrected chi connectivity index (χ1v) is 8.31. The van der Waals surface area contributed by atoms with Crippen LogP contribution in [0.15, 0.2) is 47.7 Å². The van der Waals surface area contributed by atoms with Crippen molar-refractivity contribution < 1.29 is 0 Å². The third kappa shape index (κ3) is 4.34. The van der Waals surface area contributed by atoms with Gasteiger partial charge in [-0.1, -0.05) is 31.2 Å². The monoisotopic (exact) mass is 311 g/mol. The van der Waals surface area contributed by atoms with Crippen molar-refractivity contribution in [3.63, 3.8) is 0 Å². The van der Waals surface area contributed by atoms with Crippen molar-refractivity contribution in [2.45, 2.75) is 32.9 Å². The summed E-state index contributed by atoms with van der Waals surface area (Å²) in [6.45, 7) is 5.76. The Morgan fingerprint density at radius 3 is 2.78 bits per heavy atom. The van der Waals surface area contributed by atoms with Gasteiger partial charge in [0.1, 0.15) is 0 Å². The van der Waals surface area contributed by atoms with Gasteiger partial charge in [-0.3, -0.25) is 4.68 Å². The molecule has 5 heteroatoms. The van der Waals surface area contributed by atoms with Gasteiger partial charge in [-0.2, -0.15) is 5.10 Å². The predicted octanol–water partition coefficient (Wildman–Crippen LogP) is 2.48. The van der Waals surface area contributed by atoms with E-state index in [1.54, 1.807) is 6.20 Å². The summed E-state index contributed by atoms with van der Waals surface area (Å²) in [5, 5.41) is 4.25. The van der Waals surface area contributed by atoms with Crippen LogP contribution in [0.1, 0.15) is 30.9 Å². The number of likely N-dealkylation sites (tertiary alicyclic amines) is 1. The van der Waals surface area contributed by atoms with Gasteiger partial charge in [0.25, 0.3) is 0 Å². The van der Waals surface area contributed by atoms with E-state index in [4.69, 9.17) is 5.73 Å². The average molecular weight is 311 g/mol. The van der Waals surface area contributed by atoms with Gasteiger partial charge in [0.2, 0.25) is 0 Å². The molecule has 0 radical (unpaired) electrons. The van der Waals surface area contributed by atoms with E-state index in [-0.39, 0.29) is 0 Å². The molecule has 1 aliphatic heterocycles. The Bertz CT molecular complexity index is 639. The molecule has 1 aliphatic rings. The largest absolute Gasteiger partial charge is 0.370 e. The number of nitrogens with two attached hydrogens (primary N) is 1. The summed E-state index contributed by atoms with van der Waals surface area (Å²) in [4.78, 5) is 6.78. The molecule has 1 saturated heterocycles. The minimum atomic E-state index is 0.630. The lowest BCUT2D eigenvalue weighted by Crippen LogP contribution is -2.42. The van der Waals surface area contributed by atoms with Crippen LogP contribution in [0, 0.1) is 5.92 Å². The second-order valence-electron chi connectivity index (χ2n) is 6.37. The Kier molecular flexibility index (Phi) is 4.95. The standard InChI is InChI=1S/C18H25N5/c1-15-6-10-22(11-7-15)18(19)20-13-16-4-2-5-17(12-16)14-23-9-3-8-21-23/h2-5,8-9,12,15H,6-7,10-11,13-14H2,1H3,(H2,19,20). The summed E-state index contributed by atoms with van der Waals surface area (Å²) in [6, 6.07) is 10.4. The lowest BCUT2D eigenvalue weighted by Gasteiger charge is -2.31. The van der Waals surface area contributed by atoms with Gasteiger partial charge in [0, 0.05) is 25.5 Å². The first kappa shape index (κ1) is 15.6. The third-order valence-corrected chi connectivity index (χ3v) is 4.43. The molecule has 0 atom stereocenters. The van der Waals surface area contributed by atoms with Crippen LogP contribution < -0.4 is 5.73 Å². The number of aromatic nitrogens is 2. The van der Waals surface area contributed by atoms with Gasteiger partial charge in [0.05, 0.1) is 13.1 Å². The molecule has 1 aromatic carbocycles. The van der Waals surface area contributed by atoms with Crippen molar-refractivity contribution in [1.29, 1.82) is 0 Å². The molecule has 1 fully saturated rings. The topological polar surface area (TPSA) is 59.4 Å². The highest BCUT2D eigenvalue weighted by atomic mass is 15.3. The van der Waals surface area contributed by atoms with Crippen LogP contribution in [0.5, 0.6) is 0 Å². The van der Waals surface area contributed by atoms with Crippen molar-refractivity contribution in [1.82, 2.24) is 14.7 Å². The third-order valence-electron chi connectivity index (χ3n) is 4.43. The minimum Gasteiger partial charge on any atom is -0.370 e. The van der Waals surface area contributed by atoms with Crippen LogP contribution in [0.25, 0.3) is 0 Å². The average Bonchev–Trinajstić information content (AvgIpc) is 3.07. The zero-order valence-corrected chi connectivity index (χ0v) is 13.7. The number of hydrogen-bond donors (Lipinski definition) is 1. The number of hydrogen-bond acceptors (Lipinski definition) is 2. The first-order valence-electron chi connectivity index (χ1n) is 8.31. The van der Waals surface area contributed by atoms with E-state index in [0.29, 0.717) is 12.5 Å². The summed E-state index contributed by atoms with van der Waals surface area (Å²) in [5.74, 6) is 1.48. The quantitative estimate of drug-likeness (QED) is 0.697. The minimum absolute atomic E-state index is 0.630. The molecule has 23 heavy (non-hydrogen) atoms. The fraction of sp³-hybridized carbons (Fsp3) is 0.444. The number of benzene rings is 1. The molecule has 0 saturated carbocycles. The number of rotatable bonds is 4. The van der Waals surface area contributed by atoms with Gasteiger partial charge in [-0.05, 0) is 36.0 Å². The van der Waals surface area contributed by atoms with Crippen molar-refractivity contribution in [2.75, 3.05) is 13.1 Å². The Hall–Kier alpha value is -2.30. The molecule has 1 aromatic heterocycles. The SMILES string of the molecule is CC1CCN(C(N)=NCc2cccc(Cn3cccn3)c2)CC1. The summed E-state index contributed by atoms with van der Waals surface area (Å²) < 4.78 is 1.92. The normalized spacial score (nSPS) is 16.7. The highest BCUT2D eigenvalue weighted by molar-refractivity contribution is 5.78. The van der Waals surface area contributed by atoms with E-state index in [0.717, 1.165) is 25.6 Å². The number of guanidine groups is 1. The highest BCUT2D eigenvalue weighted by Crippen LogP contribution is 2.16. The second-order valence-corrected chi connectivity index (χ2v) is 6.37. The summed E-state index contributed by atoms with van der Waals surface area (Å²) in [7, 11) is 0. The molecule has 5 nitrogen and oxygen atoms in total. The van der Waals surface area contributed by atoms with Crippen LogP contribution in [0.2, 0.25) is 0 Å². The molecule has 0 amide bonds. The zero-order chi connectivity index (χ0) is 16.1. The maximum atomic E-state index is 6.15. The molecule has 0 unspecified atom stereocenters. The molecule has 3 rings (SSSR count). The molecule has 2 heterocycles. The van der Waals surface area contributed by atoms with Gasteiger partial charge in [-0.15, -0.1) is 0 Å². The maximum Gasteiger partial charge on any atom is 0.191 e. The second kappa shape index (κ2) is 7.31. The van der Waals surface area contributed by atoms with E-state index < -0.39 is 0 Å². The van der Waals surface area contributed by atoms with E-state index in [2.05, 4.69) is 46.2 Å². The Morgan fingerprint density at radius 1 is 1.26 bits per heavy atom. The lowest BCUT2D eigenvalue weighted by atomic mass is 10.00. The van der Waals surface area contributed by atoms with Gasteiger partial charge in [-0.25, -0.2) is 4.99 Å². The van der Waals surface area contributed by atoms with E-state index in [1.165, 1.54) is 24.0 Å². The first-order chi connectivity index (χ1) is 11.2. The molecule has 0 bridgehead atoms. The van der Waals surface area contributed by atoms with Crippen LogP contribution in [0.4, 0.5) is 0 Å². The van der Waals surface area contributed by atoms with E-state index in [1.807, 2.05) is 16.9 Å². The van der Waals surface area contributed by atoms with Crippen LogP contribution in [-0.4, -0.2) is 33.7 Å². The molecular formula is C18H25N5. The Balaban J connectivity index is 1.60. The predicted molar refractivity (Wildman–Crippen MR) is 93.1 cm³/mol. The fourth-order valence-electron chi connectivity index (χ4n) is 2.92. The fourth-order valence-corrected chi connectivity index (χ4v) is 2.92. The van der Waals surface area contributed by atoms with Crippen LogP contribution >= 0.6 is 0 Å². The van der Waals surface area contributed by atoms with Crippen molar-refractivity contribution in [2.24, 2.45) is 16.6 Å². The van der Waals surface area contributed by atoms with Crippen molar-refractivity contribution >= 4 is 5.96 Å². The van der Waals surface area contributed by atoms with Crippen LogP contribution in [-0.2, 0) is 13.1 Å². The van der Waals surface area contributed by atoms with E-state index >= 15 is 0 Å². The zero-order valence-electron chi connectivity index (χ0n) is 13.7. The van der Waals surface area contributed by atoms with E-state index in [9.17, 15) is 0 Å². The molecule has 122 valence electrons. The van der Waals surface area contributed by atoms with Crippen molar-refractivity contribution in [3.8, 4) is 0 Å². The number of nitrogens with zero attached hydrogens (tertiary/aromatic N) is 4. The highest BCUT2D eigenvalue weighted by Gasteiger charge is 2.16. The summed E-state index contributed by atoms with van der Waals surface area (Å²) in [6.07, 6.45) is 6.18. The Labute approximate surface area is 137 Å². The number of aliphatic imine (C=N–C) groups is 1. The molecule has 2 N–H and O–H groups in total.